The fourth-order valence-electron chi connectivity index (χ4n) is 7.69. The van der Waals surface area contributed by atoms with E-state index in [-0.39, 0.29) is 31.1 Å². The van der Waals surface area contributed by atoms with Gasteiger partial charge in [-0.1, -0.05) is 246 Å². The molecule has 0 aliphatic rings. The molecule has 0 amide bonds. The van der Waals surface area contributed by atoms with E-state index < -0.39 is 6.10 Å². The van der Waals surface area contributed by atoms with Crippen molar-refractivity contribution in [3.8, 4) is 0 Å². The Morgan fingerprint density at radius 2 is 0.579 bits per heavy atom. The van der Waals surface area contributed by atoms with Crippen LogP contribution in [0.1, 0.15) is 285 Å². The normalized spacial score (nSPS) is 11.9. The smallest absolute Gasteiger partial charge is 0.306 e. The third-order valence-electron chi connectivity index (χ3n) is 11.5. The number of hydrogen-bond acceptors (Lipinski definition) is 6. The summed E-state index contributed by atoms with van der Waals surface area (Å²) in [5, 5.41) is 0. The van der Waals surface area contributed by atoms with Crippen molar-refractivity contribution >= 4 is 17.9 Å². The summed E-state index contributed by atoms with van der Waals surface area (Å²) in [6.07, 6.45) is 46.6. The predicted molar refractivity (Wildman–Crippen MR) is 243 cm³/mol. The topological polar surface area (TPSA) is 78.9 Å². The average molecular weight is 807 g/mol. The molecule has 338 valence electrons. The second-order valence-corrected chi connectivity index (χ2v) is 17.9. The highest BCUT2D eigenvalue weighted by atomic mass is 16.6. The first kappa shape index (κ1) is 55.4. The second-order valence-electron chi connectivity index (χ2n) is 17.9. The van der Waals surface area contributed by atoms with E-state index in [0.717, 1.165) is 63.7 Å². The SMILES string of the molecule is CCCCCCCCCCCCCCCCC(=O)OC[C@@H](COC(=O)CCCCCCCCCCCCCCCC(C)C)OC(=O)CCCCCCCCCCC. The van der Waals surface area contributed by atoms with Crippen LogP contribution in [0.5, 0.6) is 0 Å². The molecule has 0 aromatic carbocycles. The maximum Gasteiger partial charge on any atom is 0.306 e. The molecule has 0 bridgehead atoms. The number of rotatable bonds is 46. The van der Waals surface area contributed by atoms with Gasteiger partial charge in [-0.25, -0.2) is 0 Å². The Hall–Kier alpha value is -1.59. The summed E-state index contributed by atoms with van der Waals surface area (Å²) in [5.41, 5.74) is 0. The van der Waals surface area contributed by atoms with Gasteiger partial charge < -0.3 is 14.2 Å². The Bertz CT molecular complexity index is 857. The molecule has 0 saturated heterocycles. The van der Waals surface area contributed by atoms with Crippen LogP contribution >= 0.6 is 0 Å². The van der Waals surface area contributed by atoms with Crippen LogP contribution in [0.3, 0.4) is 0 Å². The predicted octanol–water partition coefficient (Wildman–Crippen LogP) is 16.3. The summed E-state index contributed by atoms with van der Waals surface area (Å²) in [7, 11) is 0. The van der Waals surface area contributed by atoms with Crippen LogP contribution in [0, 0.1) is 5.92 Å². The molecule has 0 radical (unpaired) electrons. The molecule has 0 saturated carbocycles. The molecule has 0 heterocycles. The minimum absolute atomic E-state index is 0.0630. The molecule has 0 fully saturated rings. The first-order valence-corrected chi connectivity index (χ1v) is 25.4. The lowest BCUT2D eigenvalue weighted by Crippen LogP contribution is -2.30. The summed E-state index contributed by atoms with van der Waals surface area (Å²) < 4.78 is 16.8. The Morgan fingerprint density at radius 1 is 0.333 bits per heavy atom. The van der Waals surface area contributed by atoms with Crippen molar-refractivity contribution in [2.75, 3.05) is 13.2 Å². The zero-order chi connectivity index (χ0) is 41.7. The van der Waals surface area contributed by atoms with Gasteiger partial charge in [0.25, 0.3) is 0 Å². The van der Waals surface area contributed by atoms with Crippen LogP contribution < -0.4 is 0 Å². The van der Waals surface area contributed by atoms with Gasteiger partial charge in [0.2, 0.25) is 0 Å². The van der Waals surface area contributed by atoms with Crippen molar-refractivity contribution in [1.82, 2.24) is 0 Å². The van der Waals surface area contributed by atoms with Gasteiger partial charge in [-0.3, -0.25) is 14.4 Å². The Balaban J connectivity index is 4.24. The van der Waals surface area contributed by atoms with E-state index in [2.05, 4.69) is 27.7 Å². The van der Waals surface area contributed by atoms with E-state index in [0.29, 0.717) is 19.3 Å². The summed E-state index contributed by atoms with van der Waals surface area (Å²) >= 11 is 0. The molecule has 0 unspecified atom stereocenters. The largest absolute Gasteiger partial charge is 0.462 e. The molecule has 0 aromatic heterocycles. The van der Waals surface area contributed by atoms with Crippen LogP contribution in [0.25, 0.3) is 0 Å². The Kier molecular flexibility index (Phi) is 44.2. The van der Waals surface area contributed by atoms with E-state index in [1.54, 1.807) is 0 Å². The van der Waals surface area contributed by atoms with Gasteiger partial charge in [0, 0.05) is 19.3 Å². The highest BCUT2D eigenvalue weighted by molar-refractivity contribution is 5.71. The van der Waals surface area contributed by atoms with Crippen molar-refractivity contribution in [1.29, 1.82) is 0 Å². The van der Waals surface area contributed by atoms with Gasteiger partial charge >= 0.3 is 17.9 Å². The minimum atomic E-state index is -0.759. The molecule has 0 aromatic rings. The lowest BCUT2D eigenvalue weighted by molar-refractivity contribution is -0.167. The molecule has 6 nitrogen and oxygen atoms in total. The lowest BCUT2D eigenvalue weighted by Gasteiger charge is -2.18. The highest BCUT2D eigenvalue weighted by Crippen LogP contribution is 2.17. The van der Waals surface area contributed by atoms with Crippen molar-refractivity contribution in [2.24, 2.45) is 5.92 Å². The second kappa shape index (κ2) is 45.5. The number of ether oxygens (including phenoxy) is 3. The molecule has 0 spiro atoms. The lowest BCUT2D eigenvalue weighted by atomic mass is 10.0. The van der Waals surface area contributed by atoms with Gasteiger partial charge in [0.05, 0.1) is 0 Å². The van der Waals surface area contributed by atoms with Crippen molar-refractivity contribution < 1.29 is 28.6 Å². The number of hydrogen-bond donors (Lipinski definition) is 0. The fourth-order valence-corrected chi connectivity index (χ4v) is 7.69. The first-order chi connectivity index (χ1) is 27.9. The summed E-state index contributed by atoms with van der Waals surface area (Å²) in [4.78, 5) is 37.8. The molecule has 6 heteroatoms. The molecule has 0 N–H and O–H groups in total. The van der Waals surface area contributed by atoms with E-state index in [1.807, 2.05) is 0 Å². The fraction of sp³-hybridized carbons (Fsp3) is 0.941. The quantitative estimate of drug-likeness (QED) is 0.0346. The molecule has 1 atom stereocenters. The number of unbranched alkanes of at least 4 members (excludes halogenated alkanes) is 33. The molecule has 0 rings (SSSR count). The Morgan fingerprint density at radius 3 is 0.860 bits per heavy atom. The van der Waals surface area contributed by atoms with Gasteiger partial charge in [-0.15, -0.1) is 0 Å². The first-order valence-electron chi connectivity index (χ1n) is 25.4. The van der Waals surface area contributed by atoms with E-state index in [4.69, 9.17) is 14.2 Å². The molecular formula is C51H98O6. The summed E-state index contributed by atoms with van der Waals surface area (Å²) in [5.74, 6) is -0.00831. The van der Waals surface area contributed by atoms with E-state index in [9.17, 15) is 14.4 Å². The standard InChI is InChI=1S/C51H98O6/c1-5-7-9-11-13-15-16-17-20-23-27-30-34-38-42-49(52)55-45-48(57-51(54)44-40-36-32-25-14-12-10-8-6-2)46-56-50(53)43-39-35-31-28-24-21-18-19-22-26-29-33-37-41-47(3)4/h47-48H,5-46H2,1-4H3/t48-/m0/s1. The molecule has 0 aliphatic carbocycles. The van der Waals surface area contributed by atoms with Crippen molar-refractivity contribution in [3.63, 3.8) is 0 Å². The molecule has 57 heavy (non-hydrogen) atoms. The zero-order valence-electron chi connectivity index (χ0n) is 38.8. The van der Waals surface area contributed by atoms with E-state index >= 15 is 0 Å². The zero-order valence-corrected chi connectivity index (χ0v) is 38.8. The minimum Gasteiger partial charge on any atom is -0.462 e. The average Bonchev–Trinajstić information content (AvgIpc) is 3.19. The van der Waals surface area contributed by atoms with Gasteiger partial charge in [0.15, 0.2) is 6.10 Å². The Labute approximate surface area is 355 Å². The maximum absolute atomic E-state index is 12.7. The van der Waals surface area contributed by atoms with Crippen LogP contribution in [0.2, 0.25) is 0 Å². The van der Waals surface area contributed by atoms with Crippen molar-refractivity contribution in [2.45, 2.75) is 291 Å². The van der Waals surface area contributed by atoms with Gasteiger partial charge in [0.1, 0.15) is 13.2 Å². The number of carbonyl (C=O) groups excluding carboxylic acids is 3. The van der Waals surface area contributed by atoms with Crippen LogP contribution in [0.15, 0.2) is 0 Å². The van der Waals surface area contributed by atoms with Crippen LogP contribution in [-0.4, -0.2) is 37.2 Å². The number of esters is 3. The third-order valence-corrected chi connectivity index (χ3v) is 11.5. The monoisotopic (exact) mass is 807 g/mol. The van der Waals surface area contributed by atoms with Crippen molar-refractivity contribution in [3.05, 3.63) is 0 Å². The maximum atomic E-state index is 12.7. The highest BCUT2D eigenvalue weighted by Gasteiger charge is 2.19. The van der Waals surface area contributed by atoms with Crippen LogP contribution in [-0.2, 0) is 28.6 Å². The summed E-state index contributed by atoms with van der Waals surface area (Å²) in [6.45, 7) is 9.01. The van der Waals surface area contributed by atoms with Gasteiger partial charge in [-0.2, -0.15) is 0 Å². The summed E-state index contributed by atoms with van der Waals surface area (Å²) in [6, 6.07) is 0. The number of carbonyl (C=O) groups is 3. The van der Waals surface area contributed by atoms with E-state index in [1.165, 1.54) is 180 Å². The van der Waals surface area contributed by atoms with Crippen LogP contribution in [0.4, 0.5) is 0 Å². The van der Waals surface area contributed by atoms with Gasteiger partial charge in [-0.05, 0) is 25.2 Å². The molecular weight excluding hydrogens is 709 g/mol. The molecule has 0 aliphatic heterocycles. The third kappa shape index (κ3) is 45.3.